The highest BCUT2D eigenvalue weighted by atomic mass is 79.9. The maximum Gasteiger partial charge on any atom is 0.250 e. The number of aromatic nitrogens is 2. The summed E-state index contributed by atoms with van der Waals surface area (Å²) >= 11 is 7.99. The van der Waals surface area contributed by atoms with Gasteiger partial charge in [0.05, 0.1) is 34.0 Å². The fourth-order valence-electron chi connectivity index (χ4n) is 3.10. The van der Waals surface area contributed by atoms with E-state index in [1.54, 1.807) is 12.1 Å². The first kappa shape index (κ1) is 22.6. The Morgan fingerprint density at radius 1 is 1.12 bits per heavy atom. The van der Waals surface area contributed by atoms with E-state index in [-0.39, 0.29) is 17.4 Å². The summed E-state index contributed by atoms with van der Waals surface area (Å²) in [6.07, 6.45) is 1.40. The van der Waals surface area contributed by atoms with E-state index in [2.05, 4.69) is 59.1 Å². The number of carbonyl (C=O) groups is 1. The Morgan fingerprint density at radius 2 is 1.88 bits per heavy atom. The number of nitrogens with zero attached hydrogens (tertiary/aromatic N) is 3. The molecular formula is C23H18Br2N4O2S. The van der Waals surface area contributed by atoms with Crippen LogP contribution in [0.25, 0.3) is 11.0 Å². The number of halogens is 2. The molecule has 3 aromatic carbocycles. The highest BCUT2D eigenvalue weighted by Gasteiger charge is 2.13. The van der Waals surface area contributed by atoms with Crippen molar-refractivity contribution < 1.29 is 9.90 Å². The highest BCUT2D eigenvalue weighted by molar-refractivity contribution is 9.11. The molecule has 1 aromatic heterocycles. The summed E-state index contributed by atoms with van der Waals surface area (Å²) < 4.78 is 3.43. The Labute approximate surface area is 206 Å². The largest absolute Gasteiger partial charge is 0.506 e. The maximum atomic E-state index is 12.3. The van der Waals surface area contributed by atoms with Crippen LogP contribution >= 0.6 is 43.6 Å². The van der Waals surface area contributed by atoms with Crippen LogP contribution in [0.3, 0.4) is 0 Å². The van der Waals surface area contributed by atoms with E-state index >= 15 is 0 Å². The molecule has 0 aliphatic rings. The predicted molar refractivity (Wildman–Crippen MR) is 135 cm³/mol. The number of rotatable bonds is 7. The molecule has 162 valence electrons. The molecule has 9 heteroatoms. The Hall–Kier alpha value is -2.62. The third kappa shape index (κ3) is 5.40. The summed E-state index contributed by atoms with van der Waals surface area (Å²) in [5.74, 6) is -0.0582. The first-order valence-electron chi connectivity index (χ1n) is 9.63. The van der Waals surface area contributed by atoms with E-state index in [1.807, 2.05) is 42.5 Å². The predicted octanol–water partition coefficient (Wildman–Crippen LogP) is 5.56. The number of imidazole rings is 1. The smallest absolute Gasteiger partial charge is 0.250 e. The molecule has 1 amide bonds. The van der Waals surface area contributed by atoms with E-state index in [4.69, 9.17) is 4.98 Å². The topological polar surface area (TPSA) is 79.5 Å². The van der Waals surface area contributed by atoms with Crippen molar-refractivity contribution in [2.24, 2.45) is 5.10 Å². The van der Waals surface area contributed by atoms with Crippen LogP contribution in [0.2, 0.25) is 0 Å². The molecule has 0 fully saturated rings. The van der Waals surface area contributed by atoms with Crippen molar-refractivity contribution in [3.63, 3.8) is 0 Å². The number of amides is 1. The van der Waals surface area contributed by atoms with Crippen molar-refractivity contribution in [3.05, 3.63) is 86.8 Å². The molecule has 0 aliphatic carbocycles. The van der Waals surface area contributed by atoms with Crippen LogP contribution in [0.1, 0.15) is 11.1 Å². The third-order valence-corrected chi connectivity index (χ3v) is 6.62. The normalized spacial score (nSPS) is 11.3. The molecule has 0 bridgehead atoms. The van der Waals surface area contributed by atoms with E-state index < -0.39 is 0 Å². The zero-order valence-electron chi connectivity index (χ0n) is 16.7. The summed E-state index contributed by atoms with van der Waals surface area (Å²) in [5.41, 5.74) is 6.05. The Balaban J connectivity index is 1.45. The van der Waals surface area contributed by atoms with Crippen molar-refractivity contribution in [2.75, 3.05) is 5.75 Å². The minimum atomic E-state index is -0.266. The van der Waals surface area contributed by atoms with Gasteiger partial charge >= 0.3 is 0 Å². The molecule has 6 nitrogen and oxygen atoms in total. The zero-order chi connectivity index (χ0) is 22.5. The third-order valence-electron chi connectivity index (χ3n) is 4.59. The fraction of sp³-hybridized carbons (Fsp3) is 0.0870. The number of phenolic OH excluding ortho intramolecular Hbond substituents is 1. The summed E-state index contributed by atoms with van der Waals surface area (Å²) in [6.45, 7) is 0.667. The van der Waals surface area contributed by atoms with Crippen LogP contribution in [0.15, 0.2) is 85.9 Å². The van der Waals surface area contributed by atoms with Gasteiger partial charge < -0.3 is 9.67 Å². The minimum absolute atomic E-state index is 0.0511. The van der Waals surface area contributed by atoms with Crippen molar-refractivity contribution in [3.8, 4) is 5.75 Å². The SMILES string of the molecule is O=C(CSc1nc2ccccc2n1Cc1ccccc1)N/N=C\c1cc(Br)cc(Br)c1O. The van der Waals surface area contributed by atoms with Gasteiger partial charge in [-0.25, -0.2) is 10.4 Å². The second-order valence-electron chi connectivity index (χ2n) is 6.86. The minimum Gasteiger partial charge on any atom is -0.506 e. The van der Waals surface area contributed by atoms with Crippen LogP contribution in [-0.2, 0) is 11.3 Å². The molecule has 4 aromatic rings. The van der Waals surface area contributed by atoms with Crippen LogP contribution in [0.4, 0.5) is 0 Å². The van der Waals surface area contributed by atoms with Gasteiger partial charge in [0.1, 0.15) is 5.75 Å². The number of nitrogens with one attached hydrogen (secondary N) is 1. The number of hydrazone groups is 1. The first-order chi connectivity index (χ1) is 15.5. The molecule has 0 unspecified atom stereocenters. The second kappa shape index (κ2) is 10.3. The number of thioether (sulfide) groups is 1. The maximum absolute atomic E-state index is 12.3. The van der Waals surface area contributed by atoms with Crippen molar-refractivity contribution >= 4 is 66.8 Å². The van der Waals surface area contributed by atoms with Gasteiger partial charge in [0.15, 0.2) is 5.16 Å². The number of hydrogen-bond donors (Lipinski definition) is 2. The summed E-state index contributed by atoms with van der Waals surface area (Å²) in [7, 11) is 0. The van der Waals surface area contributed by atoms with Gasteiger partial charge in [-0.2, -0.15) is 5.10 Å². The number of hydrogen-bond acceptors (Lipinski definition) is 5. The van der Waals surface area contributed by atoms with Crippen molar-refractivity contribution in [2.45, 2.75) is 11.7 Å². The Kier molecular flexibility index (Phi) is 7.29. The lowest BCUT2D eigenvalue weighted by Crippen LogP contribution is -2.20. The van der Waals surface area contributed by atoms with Crippen molar-refractivity contribution in [1.82, 2.24) is 15.0 Å². The van der Waals surface area contributed by atoms with Crippen LogP contribution < -0.4 is 5.43 Å². The molecule has 0 atom stereocenters. The van der Waals surface area contributed by atoms with Crippen LogP contribution in [0.5, 0.6) is 5.75 Å². The number of aromatic hydroxyl groups is 1. The average Bonchev–Trinajstić information content (AvgIpc) is 3.13. The second-order valence-corrected chi connectivity index (χ2v) is 9.57. The molecule has 1 heterocycles. The van der Waals surface area contributed by atoms with Gasteiger partial charge in [-0.1, -0.05) is 70.2 Å². The number of phenols is 1. The van der Waals surface area contributed by atoms with Gasteiger partial charge in [0.25, 0.3) is 5.91 Å². The zero-order valence-corrected chi connectivity index (χ0v) is 20.7. The number of carbonyl (C=O) groups excluding carboxylic acids is 1. The summed E-state index contributed by atoms with van der Waals surface area (Å²) in [6, 6.07) is 21.5. The molecule has 0 saturated heterocycles. The molecule has 4 rings (SSSR count). The lowest BCUT2D eigenvalue weighted by Gasteiger charge is -2.09. The van der Waals surface area contributed by atoms with Gasteiger partial charge in [0.2, 0.25) is 0 Å². The monoisotopic (exact) mass is 572 g/mol. The van der Waals surface area contributed by atoms with E-state index in [1.165, 1.54) is 18.0 Å². The summed E-state index contributed by atoms with van der Waals surface area (Å²) in [4.78, 5) is 17.1. The van der Waals surface area contributed by atoms with E-state index in [9.17, 15) is 9.90 Å². The molecule has 0 radical (unpaired) electrons. The molecule has 2 N–H and O–H groups in total. The Morgan fingerprint density at radius 3 is 2.69 bits per heavy atom. The number of benzene rings is 3. The number of para-hydroxylation sites is 2. The number of fused-ring (bicyclic) bond motifs is 1. The molecular weight excluding hydrogens is 556 g/mol. The average molecular weight is 574 g/mol. The molecule has 0 spiro atoms. The lowest BCUT2D eigenvalue weighted by atomic mass is 10.2. The van der Waals surface area contributed by atoms with Crippen molar-refractivity contribution in [1.29, 1.82) is 0 Å². The van der Waals surface area contributed by atoms with Gasteiger partial charge in [-0.15, -0.1) is 0 Å². The molecule has 0 saturated carbocycles. The molecule has 32 heavy (non-hydrogen) atoms. The Bertz CT molecular complexity index is 1290. The van der Waals surface area contributed by atoms with E-state index in [0.29, 0.717) is 16.6 Å². The standard InChI is InChI=1S/C23H18Br2N4O2S/c24-17-10-16(22(31)18(25)11-17)12-26-28-21(30)14-32-23-27-19-8-4-5-9-20(19)29(23)13-15-6-2-1-3-7-15/h1-12,31H,13-14H2,(H,28,30)/b26-12-. The fourth-order valence-corrected chi connectivity index (χ4v) is 5.17. The quantitative estimate of drug-likeness (QED) is 0.172. The highest BCUT2D eigenvalue weighted by Crippen LogP contribution is 2.30. The van der Waals surface area contributed by atoms with E-state index in [0.717, 1.165) is 26.2 Å². The van der Waals surface area contributed by atoms with Gasteiger partial charge in [0, 0.05) is 10.0 Å². The lowest BCUT2D eigenvalue weighted by molar-refractivity contribution is -0.118. The summed E-state index contributed by atoms with van der Waals surface area (Å²) in [5, 5.41) is 14.8. The molecule has 0 aliphatic heterocycles. The first-order valence-corrected chi connectivity index (χ1v) is 12.2. The van der Waals surface area contributed by atoms with Gasteiger partial charge in [-0.05, 0) is 45.8 Å². The van der Waals surface area contributed by atoms with Crippen LogP contribution in [-0.4, -0.2) is 32.5 Å². The van der Waals surface area contributed by atoms with Gasteiger partial charge in [-0.3, -0.25) is 4.79 Å². The van der Waals surface area contributed by atoms with Crippen LogP contribution in [0, 0.1) is 0 Å².